The van der Waals surface area contributed by atoms with E-state index in [1.165, 1.54) is 6.08 Å². The number of hydrogen-bond donors (Lipinski definition) is 2. The highest BCUT2D eigenvalue weighted by atomic mass is 16.2. The molecule has 0 fully saturated rings. The van der Waals surface area contributed by atoms with Gasteiger partial charge in [0.1, 0.15) is 6.29 Å². The summed E-state index contributed by atoms with van der Waals surface area (Å²) < 4.78 is 0. The first-order valence-corrected chi connectivity index (χ1v) is 14.2. The molecule has 5 heterocycles. The number of hydrogen-bond acceptors (Lipinski definition) is 5. The van der Waals surface area contributed by atoms with Crippen molar-refractivity contribution >= 4 is 40.1 Å². The van der Waals surface area contributed by atoms with Crippen molar-refractivity contribution in [2.75, 3.05) is 0 Å². The second kappa shape index (κ2) is 11.6. The predicted octanol–water partition coefficient (Wildman–Crippen LogP) is 7.70. The van der Waals surface area contributed by atoms with Crippen molar-refractivity contribution in [1.29, 1.82) is 0 Å². The third-order valence-corrected chi connectivity index (χ3v) is 7.58. The smallest absolute Gasteiger partial charge is 0.142 e. The normalized spacial score (nSPS) is 18.4. The number of rotatable bonds is 5. The first-order chi connectivity index (χ1) is 21.7. The number of allylic oxidation sites excluding steroid dienone is 13. The van der Waals surface area contributed by atoms with Crippen LogP contribution in [-0.4, -0.2) is 33.5 Å². The van der Waals surface area contributed by atoms with Gasteiger partial charge in [-0.05, 0) is 84.0 Å². The average Bonchev–Trinajstić information content (AvgIpc) is 3.89. The molecule has 0 radical (unpaired) electrons. The molecule has 6 nitrogen and oxygen atoms in total. The van der Waals surface area contributed by atoms with Crippen LogP contribution < -0.4 is 0 Å². The fourth-order valence-corrected chi connectivity index (χ4v) is 5.62. The van der Waals surface area contributed by atoms with Gasteiger partial charge in [0.2, 0.25) is 0 Å². The number of aromatic nitrogens is 1. The van der Waals surface area contributed by atoms with E-state index in [0.29, 0.717) is 11.4 Å². The second-order valence-electron chi connectivity index (χ2n) is 10.2. The summed E-state index contributed by atoms with van der Waals surface area (Å²) in [6.45, 7) is 0. The van der Waals surface area contributed by atoms with Crippen LogP contribution >= 0.6 is 0 Å². The fourth-order valence-electron chi connectivity index (χ4n) is 5.62. The van der Waals surface area contributed by atoms with E-state index in [1.807, 2.05) is 103 Å². The lowest BCUT2D eigenvalue weighted by Crippen LogP contribution is -2.02. The van der Waals surface area contributed by atoms with Crippen LogP contribution in [-0.2, 0) is 4.79 Å². The van der Waals surface area contributed by atoms with Crippen LogP contribution in [0, 0.1) is 0 Å². The summed E-state index contributed by atoms with van der Waals surface area (Å²) in [5.74, 6) is 0. The van der Waals surface area contributed by atoms with Gasteiger partial charge in [-0.3, -0.25) is 4.79 Å². The van der Waals surface area contributed by atoms with Crippen LogP contribution in [0.5, 0.6) is 0 Å². The Labute approximate surface area is 254 Å². The molecule has 0 aliphatic carbocycles. The lowest BCUT2D eigenvalue weighted by Gasteiger charge is -2.11. The number of benzene rings is 2. The SMILES string of the molecule is O=C/C=C/C1=C2C=CC(=N2)C(c2ccccc2)=C2C=CC(=N2)/C(=C\C=C/O)c2ccc([nH]2)C(c2ccccc2)=C2C=CC1=N2. The van der Waals surface area contributed by atoms with Gasteiger partial charge >= 0.3 is 0 Å². The van der Waals surface area contributed by atoms with E-state index in [9.17, 15) is 9.90 Å². The quantitative estimate of drug-likeness (QED) is 0.187. The van der Waals surface area contributed by atoms with Crippen LogP contribution in [0.3, 0.4) is 0 Å². The molecule has 0 atom stereocenters. The van der Waals surface area contributed by atoms with E-state index in [4.69, 9.17) is 15.0 Å². The monoisotopic (exact) mass is 570 g/mol. The summed E-state index contributed by atoms with van der Waals surface area (Å²) in [5.41, 5.74) is 11.5. The zero-order valence-electron chi connectivity index (χ0n) is 23.6. The first-order valence-electron chi connectivity index (χ1n) is 14.2. The van der Waals surface area contributed by atoms with Gasteiger partial charge in [-0.15, -0.1) is 0 Å². The highest BCUT2D eigenvalue weighted by Gasteiger charge is 2.24. The fraction of sp³-hybridized carbons (Fsp3) is 0. The molecular weight excluding hydrogens is 544 g/mol. The molecule has 7 rings (SSSR count). The number of aldehydes is 1. The van der Waals surface area contributed by atoms with Gasteiger partial charge in [0.05, 0.1) is 40.5 Å². The van der Waals surface area contributed by atoms with Gasteiger partial charge in [0, 0.05) is 33.7 Å². The average molecular weight is 571 g/mol. The number of aliphatic imine (C=N–C) groups is 3. The van der Waals surface area contributed by atoms with E-state index < -0.39 is 0 Å². The molecule has 0 saturated carbocycles. The summed E-state index contributed by atoms with van der Waals surface area (Å²) in [7, 11) is 0. The Kier molecular flexibility index (Phi) is 7.06. The maximum Gasteiger partial charge on any atom is 0.142 e. The minimum atomic E-state index is 0.701. The third kappa shape index (κ3) is 4.95. The molecule has 8 bridgehead atoms. The number of fused-ring (bicyclic) bond motifs is 5. The lowest BCUT2D eigenvalue weighted by atomic mass is 9.99. The van der Waals surface area contributed by atoms with Crippen molar-refractivity contribution in [1.82, 2.24) is 4.98 Å². The molecule has 4 aliphatic rings. The minimum Gasteiger partial charge on any atom is -0.516 e. The highest BCUT2D eigenvalue weighted by Crippen LogP contribution is 2.36. The van der Waals surface area contributed by atoms with E-state index in [-0.39, 0.29) is 0 Å². The zero-order valence-corrected chi connectivity index (χ0v) is 23.6. The van der Waals surface area contributed by atoms with Gasteiger partial charge < -0.3 is 10.1 Å². The molecule has 210 valence electrons. The molecule has 1 aromatic heterocycles. The maximum absolute atomic E-state index is 11.4. The van der Waals surface area contributed by atoms with Gasteiger partial charge in [0.25, 0.3) is 0 Å². The van der Waals surface area contributed by atoms with Crippen LogP contribution in [0.25, 0.3) is 16.7 Å². The summed E-state index contributed by atoms with van der Waals surface area (Å²) in [4.78, 5) is 30.3. The summed E-state index contributed by atoms with van der Waals surface area (Å²) in [6, 6.07) is 24.2. The van der Waals surface area contributed by atoms with Crippen LogP contribution in [0.2, 0.25) is 0 Å². The van der Waals surface area contributed by atoms with E-state index in [1.54, 1.807) is 12.2 Å². The molecule has 0 saturated heterocycles. The van der Waals surface area contributed by atoms with E-state index in [0.717, 1.165) is 80.2 Å². The Balaban J connectivity index is 1.54. The van der Waals surface area contributed by atoms with E-state index in [2.05, 4.69) is 17.1 Å². The van der Waals surface area contributed by atoms with Crippen molar-refractivity contribution in [2.45, 2.75) is 0 Å². The molecule has 4 aliphatic heterocycles. The standard InChI is InChI=1S/C38H26N4O2/c43-23-7-13-27-29-15-19-33(39-29)37(25-9-3-1-4-10-25)34-20-16-30(40-34)28(14-8-24-44)32-18-22-36(42-32)38(26-11-5-2-6-12-26)35-21-17-31(27)41-35/h1-24,39,43H/b14-8+,23-7-,27-13-,32-28?,37-34?,38-35?. The van der Waals surface area contributed by atoms with Gasteiger partial charge in [0.15, 0.2) is 0 Å². The molecule has 6 heteroatoms. The summed E-state index contributed by atoms with van der Waals surface area (Å²) in [6.07, 6.45) is 20.3. The van der Waals surface area contributed by atoms with Crippen molar-refractivity contribution in [3.8, 4) is 0 Å². The van der Waals surface area contributed by atoms with Gasteiger partial charge in [-0.2, -0.15) is 0 Å². The Morgan fingerprint density at radius 3 is 1.91 bits per heavy atom. The van der Waals surface area contributed by atoms with Crippen LogP contribution in [0.15, 0.2) is 177 Å². The lowest BCUT2D eigenvalue weighted by molar-refractivity contribution is -0.104. The predicted molar refractivity (Wildman–Crippen MR) is 178 cm³/mol. The Morgan fingerprint density at radius 1 is 0.591 bits per heavy atom. The molecule has 0 amide bonds. The Bertz CT molecular complexity index is 2050. The Hall–Kier alpha value is -6.14. The number of carbonyl (C=O) groups excluding carboxylic acids is 1. The molecule has 0 unspecified atom stereocenters. The molecule has 44 heavy (non-hydrogen) atoms. The van der Waals surface area contributed by atoms with Gasteiger partial charge in [-0.25, -0.2) is 15.0 Å². The Morgan fingerprint density at radius 2 is 1.18 bits per heavy atom. The minimum absolute atomic E-state index is 0.701. The largest absolute Gasteiger partial charge is 0.516 e. The van der Waals surface area contributed by atoms with Crippen molar-refractivity contribution in [3.63, 3.8) is 0 Å². The first kappa shape index (κ1) is 26.7. The number of nitrogens with one attached hydrogen (secondary N) is 1. The molecular formula is C38H26N4O2. The topological polar surface area (TPSA) is 90.2 Å². The number of aliphatic hydroxyl groups is 1. The summed E-state index contributed by atoms with van der Waals surface area (Å²) in [5, 5.41) is 9.54. The molecule has 2 N–H and O–H groups in total. The van der Waals surface area contributed by atoms with Gasteiger partial charge in [-0.1, -0.05) is 60.7 Å². The number of aromatic amines is 1. The zero-order chi connectivity index (χ0) is 29.9. The van der Waals surface area contributed by atoms with E-state index >= 15 is 0 Å². The van der Waals surface area contributed by atoms with Crippen molar-refractivity contribution < 1.29 is 9.90 Å². The molecule has 3 aromatic rings. The van der Waals surface area contributed by atoms with Crippen LogP contribution in [0.1, 0.15) is 22.5 Å². The number of nitrogens with zero attached hydrogens (tertiary/aromatic N) is 3. The highest BCUT2D eigenvalue weighted by molar-refractivity contribution is 6.35. The second-order valence-corrected chi connectivity index (χ2v) is 10.2. The third-order valence-electron chi connectivity index (χ3n) is 7.58. The molecule has 0 spiro atoms. The maximum atomic E-state index is 11.4. The number of H-pyrrole nitrogens is 1. The number of carbonyl (C=O) groups is 1. The molecule has 2 aromatic carbocycles. The van der Waals surface area contributed by atoms with Crippen molar-refractivity contribution in [3.05, 3.63) is 185 Å². The summed E-state index contributed by atoms with van der Waals surface area (Å²) >= 11 is 0. The van der Waals surface area contributed by atoms with Crippen molar-refractivity contribution in [2.24, 2.45) is 15.0 Å². The number of aliphatic hydroxyl groups excluding tert-OH is 1. The van der Waals surface area contributed by atoms with Crippen LogP contribution in [0.4, 0.5) is 0 Å².